The Hall–Kier alpha value is -1.66. The van der Waals surface area contributed by atoms with Crippen LogP contribution in [0.2, 0.25) is 0 Å². The molecule has 0 aliphatic carbocycles. The number of carbonyl (C=O) groups excluding carboxylic acids is 1. The van der Waals surface area contributed by atoms with Gasteiger partial charge in [0.2, 0.25) is 0 Å². The van der Waals surface area contributed by atoms with Crippen molar-refractivity contribution in [1.82, 2.24) is 20.6 Å². The predicted octanol–water partition coefficient (Wildman–Crippen LogP) is 0.739. The van der Waals surface area contributed by atoms with Crippen molar-refractivity contribution in [3.8, 4) is 0 Å². The number of hydrogen-bond acceptors (Lipinski definition) is 5. The molecule has 1 aromatic rings. The molecule has 0 saturated carbocycles. The zero-order chi connectivity index (χ0) is 14.7. The minimum atomic E-state index is -0.0333. The third-order valence-corrected chi connectivity index (χ3v) is 4.46. The molecule has 1 amide bonds. The quantitative estimate of drug-likeness (QED) is 0.698. The van der Waals surface area contributed by atoms with Gasteiger partial charge in [-0.2, -0.15) is 0 Å². The first-order valence-corrected chi connectivity index (χ1v) is 7.63. The monoisotopic (exact) mass is 289 g/mol. The van der Waals surface area contributed by atoms with Crippen molar-refractivity contribution < 1.29 is 4.79 Å². The topological polar surface area (TPSA) is 69.3 Å². The number of hydrazine groups is 1. The molecule has 2 aliphatic rings. The molecule has 2 unspecified atom stereocenters. The van der Waals surface area contributed by atoms with Gasteiger partial charge in [0.25, 0.3) is 5.91 Å². The van der Waals surface area contributed by atoms with Crippen LogP contribution in [0, 0.1) is 0 Å². The maximum absolute atomic E-state index is 12.0. The highest BCUT2D eigenvalue weighted by Crippen LogP contribution is 2.28. The smallest absolute Gasteiger partial charge is 0.252 e. The number of hydrogen-bond donors (Lipinski definition) is 3. The van der Waals surface area contributed by atoms with Gasteiger partial charge in [-0.1, -0.05) is 6.07 Å². The second-order valence-electron chi connectivity index (χ2n) is 6.07. The molecular weight excluding hydrogens is 266 g/mol. The molecule has 2 aliphatic heterocycles. The van der Waals surface area contributed by atoms with Crippen LogP contribution >= 0.6 is 0 Å². The Balaban J connectivity index is 1.44. The molecule has 3 heterocycles. The predicted molar refractivity (Wildman–Crippen MR) is 81.6 cm³/mol. The molecular formula is C15H23N5O. The number of carbonyl (C=O) groups is 1. The molecule has 6 nitrogen and oxygen atoms in total. The first-order chi connectivity index (χ1) is 10.2. The summed E-state index contributed by atoms with van der Waals surface area (Å²) in [5.41, 5.74) is 5.53. The van der Waals surface area contributed by atoms with E-state index in [0.717, 1.165) is 12.8 Å². The van der Waals surface area contributed by atoms with E-state index in [1.807, 2.05) is 25.2 Å². The molecule has 2 atom stereocenters. The van der Waals surface area contributed by atoms with Crippen LogP contribution in [-0.4, -0.2) is 47.5 Å². The van der Waals surface area contributed by atoms with E-state index in [0.29, 0.717) is 30.5 Å². The standard InChI is InChI=1S/C15H23N5O/c1-20(13-8-11-5-6-12(9-13)17-11)10-15(21)19-18-14-4-2-3-7-16-14/h2-4,7,11-13,17H,5-6,8-10H2,1H3,(H,16,18)(H,19,21). The first-order valence-electron chi connectivity index (χ1n) is 7.63. The number of nitrogens with one attached hydrogen (secondary N) is 3. The van der Waals surface area contributed by atoms with Crippen LogP contribution in [0.4, 0.5) is 5.82 Å². The van der Waals surface area contributed by atoms with Crippen molar-refractivity contribution in [2.24, 2.45) is 0 Å². The van der Waals surface area contributed by atoms with Crippen LogP contribution in [0.1, 0.15) is 25.7 Å². The van der Waals surface area contributed by atoms with Gasteiger partial charge in [-0.3, -0.25) is 20.5 Å². The second-order valence-corrected chi connectivity index (χ2v) is 6.07. The van der Waals surface area contributed by atoms with Gasteiger partial charge in [0, 0.05) is 24.3 Å². The van der Waals surface area contributed by atoms with Crippen LogP contribution in [0.15, 0.2) is 24.4 Å². The SMILES string of the molecule is CN(CC(=O)NNc1ccccn1)C1CC2CCC(C1)N2. The van der Waals surface area contributed by atoms with Crippen molar-refractivity contribution in [3.63, 3.8) is 0 Å². The van der Waals surface area contributed by atoms with Crippen LogP contribution in [0.25, 0.3) is 0 Å². The maximum Gasteiger partial charge on any atom is 0.252 e. The molecule has 6 heteroatoms. The highest BCUT2D eigenvalue weighted by atomic mass is 16.2. The van der Waals surface area contributed by atoms with Gasteiger partial charge in [0.15, 0.2) is 0 Å². The average molecular weight is 289 g/mol. The minimum absolute atomic E-state index is 0.0333. The number of anilines is 1. The van der Waals surface area contributed by atoms with Crippen molar-refractivity contribution in [2.75, 3.05) is 19.0 Å². The van der Waals surface area contributed by atoms with E-state index in [1.54, 1.807) is 6.20 Å². The molecule has 114 valence electrons. The molecule has 3 rings (SSSR count). The fourth-order valence-corrected chi connectivity index (χ4v) is 3.35. The van der Waals surface area contributed by atoms with E-state index in [9.17, 15) is 4.79 Å². The molecule has 2 bridgehead atoms. The number of piperidine rings is 1. The maximum atomic E-state index is 12.0. The van der Waals surface area contributed by atoms with Gasteiger partial charge < -0.3 is 5.32 Å². The number of aromatic nitrogens is 1. The summed E-state index contributed by atoms with van der Waals surface area (Å²) in [5.74, 6) is 0.613. The number of pyridine rings is 1. The summed E-state index contributed by atoms with van der Waals surface area (Å²) in [4.78, 5) is 18.3. The van der Waals surface area contributed by atoms with E-state index >= 15 is 0 Å². The summed E-state index contributed by atoms with van der Waals surface area (Å²) < 4.78 is 0. The van der Waals surface area contributed by atoms with Gasteiger partial charge >= 0.3 is 0 Å². The summed E-state index contributed by atoms with van der Waals surface area (Å²) in [6, 6.07) is 7.32. The van der Waals surface area contributed by atoms with Crippen molar-refractivity contribution in [2.45, 2.75) is 43.8 Å². The van der Waals surface area contributed by atoms with Gasteiger partial charge in [-0.15, -0.1) is 0 Å². The molecule has 2 saturated heterocycles. The summed E-state index contributed by atoms with van der Waals surface area (Å²) in [6.45, 7) is 0.407. The molecule has 1 aromatic heterocycles. The molecule has 0 radical (unpaired) electrons. The number of amides is 1. The summed E-state index contributed by atoms with van der Waals surface area (Å²) in [7, 11) is 2.04. The van der Waals surface area contributed by atoms with Gasteiger partial charge in [-0.25, -0.2) is 4.98 Å². The Kier molecular flexibility index (Phi) is 4.36. The molecule has 0 aromatic carbocycles. The Labute approximate surface area is 125 Å². The van der Waals surface area contributed by atoms with Gasteiger partial charge in [0.05, 0.1) is 6.54 Å². The number of rotatable bonds is 5. The van der Waals surface area contributed by atoms with Gasteiger partial charge in [0.1, 0.15) is 5.82 Å². The normalized spacial score (nSPS) is 27.6. The minimum Gasteiger partial charge on any atom is -0.311 e. The fraction of sp³-hybridized carbons (Fsp3) is 0.600. The lowest BCUT2D eigenvalue weighted by atomic mass is 9.98. The summed E-state index contributed by atoms with van der Waals surface area (Å²) in [6.07, 6.45) is 6.54. The van der Waals surface area contributed by atoms with Crippen LogP contribution in [-0.2, 0) is 4.79 Å². The van der Waals surface area contributed by atoms with Crippen LogP contribution in [0.3, 0.4) is 0 Å². The van der Waals surface area contributed by atoms with E-state index in [2.05, 4.69) is 26.1 Å². The number of nitrogens with zero attached hydrogens (tertiary/aromatic N) is 2. The number of likely N-dealkylation sites (N-methyl/N-ethyl adjacent to an activating group) is 1. The van der Waals surface area contributed by atoms with E-state index < -0.39 is 0 Å². The van der Waals surface area contributed by atoms with Crippen molar-refractivity contribution >= 4 is 11.7 Å². The van der Waals surface area contributed by atoms with Gasteiger partial charge in [-0.05, 0) is 44.9 Å². The second kappa shape index (κ2) is 6.41. The number of fused-ring (bicyclic) bond motifs is 2. The largest absolute Gasteiger partial charge is 0.311 e. The molecule has 2 fully saturated rings. The van der Waals surface area contributed by atoms with Crippen molar-refractivity contribution in [3.05, 3.63) is 24.4 Å². The van der Waals surface area contributed by atoms with Crippen LogP contribution < -0.4 is 16.2 Å². The zero-order valence-corrected chi connectivity index (χ0v) is 12.4. The zero-order valence-electron chi connectivity index (χ0n) is 12.4. The molecule has 21 heavy (non-hydrogen) atoms. The lowest BCUT2D eigenvalue weighted by molar-refractivity contribution is -0.122. The van der Waals surface area contributed by atoms with E-state index in [1.165, 1.54) is 12.8 Å². The fourth-order valence-electron chi connectivity index (χ4n) is 3.35. The summed E-state index contributed by atoms with van der Waals surface area (Å²) in [5, 5.41) is 3.63. The van der Waals surface area contributed by atoms with Crippen molar-refractivity contribution in [1.29, 1.82) is 0 Å². The molecule has 0 spiro atoms. The highest BCUT2D eigenvalue weighted by Gasteiger charge is 2.35. The third kappa shape index (κ3) is 3.71. The summed E-state index contributed by atoms with van der Waals surface area (Å²) >= 11 is 0. The third-order valence-electron chi connectivity index (χ3n) is 4.46. The van der Waals surface area contributed by atoms with E-state index in [-0.39, 0.29) is 5.91 Å². The van der Waals surface area contributed by atoms with Crippen LogP contribution in [0.5, 0.6) is 0 Å². The lowest BCUT2D eigenvalue weighted by Gasteiger charge is -2.35. The Morgan fingerprint density at radius 2 is 2.14 bits per heavy atom. The van der Waals surface area contributed by atoms with E-state index in [4.69, 9.17) is 0 Å². The average Bonchev–Trinajstić information content (AvgIpc) is 2.84. The Morgan fingerprint density at radius 3 is 2.81 bits per heavy atom. The Bertz CT molecular complexity index is 468. The molecule has 3 N–H and O–H groups in total. The lowest BCUT2D eigenvalue weighted by Crippen LogP contribution is -2.49. The highest BCUT2D eigenvalue weighted by molar-refractivity contribution is 5.79. The first kappa shape index (κ1) is 14.3. The Morgan fingerprint density at radius 1 is 1.38 bits per heavy atom.